The second-order valence-electron chi connectivity index (χ2n) is 6.91. The molecule has 0 aliphatic rings. The summed E-state index contributed by atoms with van der Waals surface area (Å²) in [5.74, 6) is -0.102. The number of benzene rings is 1. The van der Waals surface area contributed by atoms with Crippen LogP contribution in [0.1, 0.15) is 50.5 Å². The summed E-state index contributed by atoms with van der Waals surface area (Å²) in [5.41, 5.74) is 0.806. The zero-order valence-electron chi connectivity index (χ0n) is 15.3. The third-order valence-corrected chi connectivity index (χ3v) is 2.84. The Morgan fingerprint density at radius 1 is 1.21 bits per heavy atom. The highest BCUT2D eigenvalue weighted by Gasteiger charge is 2.19. The molecule has 134 valence electrons. The molecule has 0 aromatic heterocycles. The minimum Gasteiger partial charge on any atom is -0.465 e. The lowest BCUT2D eigenvalue weighted by molar-refractivity contribution is 0.0601. The summed E-state index contributed by atoms with van der Waals surface area (Å²) in [6, 6.07) is 5.07. The van der Waals surface area contributed by atoms with E-state index in [2.05, 4.69) is 19.2 Å². The lowest BCUT2D eigenvalue weighted by atomic mass is 10.1. The molecule has 6 heteroatoms. The number of hydrogen-bond donors (Lipinski definition) is 1. The molecule has 0 aliphatic heterocycles. The van der Waals surface area contributed by atoms with Crippen LogP contribution < -0.4 is 5.32 Å². The van der Waals surface area contributed by atoms with Gasteiger partial charge in [0.1, 0.15) is 5.60 Å². The average molecular weight is 337 g/mol. The molecule has 1 aromatic rings. The Balaban J connectivity index is 2.94. The van der Waals surface area contributed by atoms with Crippen LogP contribution in [0.15, 0.2) is 18.2 Å². The molecule has 0 atom stereocenters. The molecule has 1 rings (SSSR count). The summed E-state index contributed by atoms with van der Waals surface area (Å²) in [6.45, 7) is 10.5. The summed E-state index contributed by atoms with van der Waals surface area (Å²) in [7, 11) is 1.29. The summed E-state index contributed by atoms with van der Waals surface area (Å²) in [6.07, 6.45) is -0.632. The molecule has 0 fully saturated rings. The van der Waals surface area contributed by atoms with Crippen LogP contribution in [0.25, 0.3) is 0 Å². The molecule has 1 N–H and O–H groups in total. The van der Waals surface area contributed by atoms with E-state index >= 15 is 0 Å². The third kappa shape index (κ3) is 7.00. The molecular weight excluding hydrogens is 310 g/mol. The van der Waals surface area contributed by atoms with E-state index in [0.29, 0.717) is 24.8 Å². The lowest BCUT2D eigenvalue weighted by Gasteiger charge is -2.20. The number of rotatable bonds is 6. The number of hydrogen-bond acceptors (Lipinski definition) is 5. The number of ether oxygens (including phenoxy) is 3. The van der Waals surface area contributed by atoms with Crippen molar-refractivity contribution in [2.75, 3.05) is 19.0 Å². The van der Waals surface area contributed by atoms with Gasteiger partial charge in [0, 0.05) is 6.61 Å². The van der Waals surface area contributed by atoms with E-state index in [4.69, 9.17) is 14.2 Å². The van der Waals surface area contributed by atoms with Gasteiger partial charge in [-0.3, -0.25) is 5.32 Å². The van der Waals surface area contributed by atoms with Crippen molar-refractivity contribution < 1.29 is 23.8 Å². The third-order valence-electron chi connectivity index (χ3n) is 2.84. The van der Waals surface area contributed by atoms with Crippen molar-refractivity contribution >= 4 is 17.7 Å². The van der Waals surface area contributed by atoms with Gasteiger partial charge >= 0.3 is 12.1 Å². The maximum absolute atomic E-state index is 12.0. The molecule has 0 unspecified atom stereocenters. The molecule has 0 radical (unpaired) electrons. The van der Waals surface area contributed by atoms with Crippen molar-refractivity contribution in [3.05, 3.63) is 29.3 Å². The van der Waals surface area contributed by atoms with E-state index in [9.17, 15) is 9.59 Å². The smallest absolute Gasteiger partial charge is 0.412 e. The lowest BCUT2D eigenvalue weighted by Crippen LogP contribution is -2.27. The Bertz CT molecular complexity index is 575. The number of methoxy groups -OCH3 is 1. The molecule has 0 bridgehead atoms. The van der Waals surface area contributed by atoms with Crippen LogP contribution in [0.5, 0.6) is 0 Å². The topological polar surface area (TPSA) is 73.9 Å². The Morgan fingerprint density at radius 2 is 1.88 bits per heavy atom. The predicted octanol–water partition coefficient (Wildman–Crippen LogP) is 3.99. The fourth-order valence-electron chi connectivity index (χ4n) is 1.90. The molecule has 0 spiro atoms. The highest BCUT2D eigenvalue weighted by Crippen LogP contribution is 2.21. The number of amides is 1. The minimum absolute atomic E-state index is 0.260. The standard InChI is InChI=1S/C18H27NO5/c1-12(2)10-23-11-13-7-8-14(16(20)22-6)15(9-13)19-17(21)24-18(3,4)5/h7-9,12H,10-11H2,1-6H3,(H,19,21). The van der Waals surface area contributed by atoms with Gasteiger partial charge in [-0.1, -0.05) is 19.9 Å². The number of carbonyl (C=O) groups excluding carboxylic acids is 2. The van der Waals surface area contributed by atoms with E-state index in [-0.39, 0.29) is 5.56 Å². The number of anilines is 1. The van der Waals surface area contributed by atoms with Gasteiger partial charge < -0.3 is 14.2 Å². The van der Waals surface area contributed by atoms with Crippen LogP contribution in [0.4, 0.5) is 10.5 Å². The van der Waals surface area contributed by atoms with Crippen molar-refractivity contribution in [3.63, 3.8) is 0 Å². The molecular formula is C18H27NO5. The van der Waals surface area contributed by atoms with Crippen molar-refractivity contribution in [3.8, 4) is 0 Å². The van der Waals surface area contributed by atoms with Gasteiger partial charge in [-0.15, -0.1) is 0 Å². The predicted molar refractivity (Wildman–Crippen MR) is 92.1 cm³/mol. The summed E-state index contributed by atoms with van der Waals surface area (Å²) < 4.78 is 15.6. The second-order valence-corrected chi connectivity index (χ2v) is 6.91. The molecule has 0 aliphatic carbocycles. The van der Waals surface area contributed by atoms with E-state index in [1.54, 1.807) is 39.0 Å². The quantitative estimate of drug-likeness (QED) is 0.794. The first-order chi connectivity index (χ1) is 11.1. The number of carbonyl (C=O) groups is 2. The first-order valence-electron chi connectivity index (χ1n) is 7.91. The van der Waals surface area contributed by atoms with Crippen molar-refractivity contribution in [2.24, 2.45) is 5.92 Å². The normalized spacial score (nSPS) is 11.3. The molecule has 0 saturated carbocycles. The Kier molecular flexibility index (Phi) is 7.22. The van der Waals surface area contributed by atoms with Crippen molar-refractivity contribution in [1.82, 2.24) is 0 Å². The van der Waals surface area contributed by atoms with E-state index in [0.717, 1.165) is 5.56 Å². The summed E-state index contributed by atoms with van der Waals surface area (Å²) in [5, 5.41) is 2.60. The molecule has 6 nitrogen and oxygen atoms in total. The van der Waals surface area contributed by atoms with Crippen LogP contribution in [0, 0.1) is 5.92 Å². The van der Waals surface area contributed by atoms with Crippen LogP contribution in [0.3, 0.4) is 0 Å². The molecule has 0 heterocycles. The minimum atomic E-state index is -0.632. The van der Waals surface area contributed by atoms with Gasteiger partial charge in [0.2, 0.25) is 0 Å². The van der Waals surface area contributed by atoms with E-state index in [1.165, 1.54) is 7.11 Å². The Hall–Kier alpha value is -2.08. The summed E-state index contributed by atoms with van der Waals surface area (Å²) in [4.78, 5) is 23.9. The Morgan fingerprint density at radius 3 is 2.42 bits per heavy atom. The first kappa shape index (κ1) is 20.0. The van der Waals surface area contributed by atoms with Gasteiger partial charge in [-0.05, 0) is 44.4 Å². The summed E-state index contributed by atoms with van der Waals surface area (Å²) >= 11 is 0. The van der Waals surface area contributed by atoms with Crippen LogP contribution in [0.2, 0.25) is 0 Å². The first-order valence-corrected chi connectivity index (χ1v) is 7.91. The zero-order valence-corrected chi connectivity index (χ0v) is 15.3. The fraction of sp³-hybridized carbons (Fsp3) is 0.556. The van der Waals surface area contributed by atoms with Gasteiger partial charge in [-0.2, -0.15) is 0 Å². The van der Waals surface area contributed by atoms with Gasteiger partial charge in [0.25, 0.3) is 0 Å². The van der Waals surface area contributed by atoms with Crippen molar-refractivity contribution in [1.29, 1.82) is 0 Å². The highest BCUT2D eigenvalue weighted by molar-refractivity contribution is 5.99. The van der Waals surface area contributed by atoms with Crippen LogP contribution in [-0.2, 0) is 20.8 Å². The average Bonchev–Trinajstić information content (AvgIpc) is 2.44. The fourth-order valence-corrected chi connectivity index (χ4v) is 1.90. The number of esters is 1. The highest BCUT2D eigenvalue weighted by atomic mass is 16.6. The number of nitrogens with one attached hydrogen (secondary N) is 1. The maximum atomic E-state index is 12.0. The largest absolute Gasteiger partial charge is 0.465 e. The second kappa shape index (κ2) is 8.68. The van der Waals surface area contributed by atoms with E-state index < -0.39 is 17.7 Å². The van der Waals surface area contributed by atoms with Crippen molar-refractivity contribution in [2.45, 2.75) is 46.8 Å². The maximum Gasteiger partial charge on any atom is 0.412 e. The Labute approximate surface area is 143 Å². The van der Waals surface area contributed by atoms with E-state index in [1.807, 2.05) is 0 Å². The monoisotopic (exact) mass is 337 g/mol. The van der Waals surface area contributed by atoms with Crippen LogP contribution in [-0.4, -0.2) is 31.4 Å². The SMILES string of the molecule is COC(=O)c1ccc(COCC(C)C)cc1NC(=O)OC(C)(C)C. The van der Waals surface area contributed by atoms with Gasteiger partial charge in [-0.25, -0.2) is 9.59 Å². The van der Waals surface area contributed by atoms with Gasteiger partial charge in [0.05, 0.1) is 25.0 Å². The molecule has 24 heavy (non-hydrogen) atoms. The molecule has 1 aromatic carbocycles. The van der Waals surface area contributed by atoms with Gasteiger partial charge in [0.15, 0.2) is 0 Å². The molecule has 0 saturated heterocycles. The zero-order chi connectivity index (χ0) is 18.3. The molecule has 1 amide bonds. The van der Waals surface area contributed by atoms with Crippen LogP contribution >= 0.6 is 0 Å².